The fourth-order valence-electron chi connectivity index (χ4n) is 1.53. The Morgan fingerprint density at radius 1 is 1.54 bits per heavy atom. The van der Waals surface area contributed by atoms with Gasteiger partial charge in [0.2, 0.25) is 0 Å². The summed E-state index contributed by atoms with van der Waals surface area (Å²) in [6.07, 6.45) is 1.20. The van der Waals surface area contributed by atoms with Gasteiger partial charge in [-0.25, -0.2) is 0 Å². The van der Waals surface area contributed by atoms with E-state index in [-0.39, 0.29) is 0 Å². The molecule has 0 unspecified atom stereocenters. The molecule has 0 saturated carbocycles. The number of ether oxygens (including phenoxy) is 1. The first-order chi connectivity index (χ1) is 6.31. The van der Waals surface area contributed by atoms with Crippen LogP contribution in [-0.2, 0) is 0 Å². The lowest BCUT2D eigenvalue weighted by Gasteiger charge is -2.29. The monoisotopic (exact) mass is 241 g/mol. The van der Waals surface area contributed by atoms with E-state index in [1.165, 1.54) is 12.0 Å². The Balaban J connectivity index is 2.33. The number of hydrogen-bond donors (Lipinski definition) is 1. The number of benzene rings is 1. The molecule has 13 heavy (non-hydrogen) atoms. The van der Waals surface area contributed by atoms with Crippen LogP contribution in [0.25, 0.3) is 0 Å². The molecule has 0 amide bonds. The Morgan fingerprint density at radius 2 is 2.31 bits per heavy atom. The van der Waals surface area contributed by atoms with E-state index in [2.05, 4.69) is 27.3 Å². The van der Waals surface area contributed by atoms with Gasteiger partial charge >= 0.3 is 0 Å². The van der Waals surface area contributed by atoms with E-state index in [1.54, 1.807) is 7.11 Å². The van der Waals surface area contributed by atoms with Gasteiger partial charge in [0.25, 0.3) is 0 Å². The molecule has 1 atom stereocenters. The van der Waals surface area contributed by atoms with Crippen molar-refractivity contribution in [2.45, 2.75) is 12.5 Å². The molecule has 0 radical (unpaired) electrons. The molecule has 1 heterocycles. The van der Waals surface area contributed by atoms with E-state index in [0.717, 1.165) is 16.8 Å². The second-order valence-electron chi connectivity index (χ2n) is 3.18. The Bertz CT molecular complexity index is 310. The minimum atomic E-state index is 0.479. The van der Waals surface area contributed by atoms with Gasteiger partial charge in [0.1, 0.15) is 5.75 Å². The van der Waals surface area contributed by atoms with E-state index < -0.39 is 0 Å². The lowest BCUT2D eigenvalue weighted by atomic mass is 9.97. The van der Waals surface area contributed by atoms with E-state index in [4.69, 9.17) is 4.74 Å². The van der Waals surface area contributed by atoms with E-state index in [9.17, 15) is 0 Å². The zero-order chi connectivity index (χ0) is 9.26. The van der Waals surface area contributed by atoms with E-state index in [1.807, 2.05) is 12.1 Å². The number of halogens is 1. The molecular weight excluding hydrogens is 230 g/mol. The number of rotatable bonds is 2. The van der Waals surface area contributed by atoms with Crippen LogP contribution in [-0.4, -0.2) is 13.7 Å². The first-order valence-electron chi connectivity index (χ1n) is 4.38. The van der Waals surface area contributed by atoms with Crippen LogP contribution in [0.2, 0.25) is 0 Å². The predicted octanol–water partition coefficient (Wildman–Crippen LogP) is 2.49. The quantitative estimate of drug-likeness (QED) is 0.860. The van der Waals surface area contributed by atoms with Crippen molar-refractivity contribution in [3.63, 3.8) is 0 Å². The minimum absolute atomic E-state index is 0.479. The van der Waals surface area contributed by atoms with Crippen molar-refractivity contribution in [2.75, 3.05) is 13.7 Å². The lowest BCUT2D eigenvalue weighted by Crippen LogP contribution is -2.35. The van der Waals surface area contributed by atoms with Gasteiger partial charge in [-0.3, -0.25) is 0 Å². The van der Waals surface area contributed by atoms with Crippen molar-refractivity contribution in [1.82, 2.24) is 5.32 Å². The second kappa shape index (κ2) is 3.68. The highest BCUT2D eigenvalue weighted by Crippen LogP contribution is 2.32. The van der Waals surface area contributed by atoms with Crippen molar-refractivity contribution >= 4 is 15.9 Å². The molecule has 1 aromatic rings. The van der Waals surface area contributed by atoms with Crippen LogP contribution in [0.5, 0.6) is 5.75 Å². The van der Waals surface area contributed by atoms with Crippen molar-refractivity contribution in [3.8, 4) is 5.75 Å². The SMILES string of the molecule is COc1ccc(Br)cc1[C@@H]1CCN1. The third kappa shape index (κ3) is 1.71. The standard InChI is InChI=1S/C10H12BrNO/c1-13-10-3-2-7(11)6-8(10)9-4-5-12-9/h2-3,6,9,12H,4-5H2,1H3/t9-/m0/s1. The molecule has 2 rings (SSSR count). The van der Waals surface area contributed by atoms with Crippen LogP contribution in [0.15, 0.2) is 22.7 Å². The highest BCUT2D eigenvalue weighted by Gasteiger charge is 2.21. The van der Waals surface area contributed by atoms with Crippen LogP contribution < -0.4 is 10.1 Å². The highest BCUT2D eigenvalue weighted by molar-refractivity contribution is 9.10. The van der Waals surface area contributed by atoms with Gasteiger partial charge in [-0.1, -0.05) is 15.9 Å². The summed E-state index contributed by atoms with van der Waals surface area (Å²) in [6.45, 7) is 1.11. The lowest BCUT2D eigenvalue weighted by molar-refractivity contribution is 0.353. The maximum atomic E-state index is 5.30. The summed E-state index contributed by atoms with van der Waals surface area (Å²) in [5, 5.41) is 3.36. The smallest absolute Gasteiger partial charge is 0.123 e. The Morgan fingerprint density at radius 3 is 2.85 bits per heavy atom. The van der Waals surface area contributed by atoms with Gasteiger partial charge in [0, 0.05) is 16.1 Å². The fourth-order valence-corrected chi connectivity index (χ4v) is 1.91. The Hall–Kier alpha value is -0.540. The van der Waals surface area contributed by atoms with E-state index in [0.29, 0.717) is 6.04 Å². The number of hydrogen-bond acceptors (Lipinski definition) is 2. The Labute approximate surface area is 86.4 Å². The first kappa shape index (κ1) is 9.03. The third-order valence-corrected chi connectivity index (χ3v) is 2.88. The molecule has 1 fully saturated rings. The molecule has 3 heteroatoms. The molecule has 1 N–H and O–H groups in total. The molecule has 70 valence electrons. The molecule has 1 aliphatic heterocycles. The Kier molecular flexibility index (Phi) is 2.56. The first-order valence-corrected chi connectivity index (χ1v) is 5.17. The summed E-state index contributed by atoms with van der Waals surface area (Å²) in [7, 11) is 1.71. The topological polar surface area (TPSA) is 21.3 Å². The van der Waals surface area contributed by atoms with Gasteiger partial charge in [-0.2, -0.15) is 0 Å². The molecule has 0 aromatic heterocycles. The summed E-state index contributed by atoms with van der Waals surface area (Å²) in [4.78, 5) is 0. The molecule has 1 saturated heterocycles. The molecular formula is C10H12BrNO. The zero-order valence-corrected chi connectivity index (χ0v) is 9.10. The maximum Gasteiger partial charge on any atom is 0.123 e. The van der Waals surface area contributed by atoms with Gasteiger partial charge < -0.3 is 10.1 Å². The van der Waals surface area contributed by atoms with Gasteiger partial charge in [0.15, 0.2) is 0 Å². The minimum Gasteiger partial charge on any atom is -0.496 e. The van der Waals surface area contributed by atoms with Crippen molar-refractivity contribution < 1.29 is 4.74 Å². The summed E-state index contributed by atoms with van der Waals surface area (Å²) in [5.74, 6) is 0.973. The molecule has 1 aromatic carbocycles. The van der Waals surface area contributed by atoms with E-state index >= 15 is 0 Å². The molecule has 0 aliphatic carbocycles. The maximum absolute atomic E-state index is 5.30. The van der Waals surface area contributed by atoms with Crippen molar-refractivity contribution in [3.05, 3.63) is 28.2 Å². The molecule has 0 spiro atoms. The van der Waals surface area contributed by atoms with Gasteiger partial charge in [-0.15, -0.1) is 0 Å². The number of nitrogens with one attached hydrogen (secondary N) is 1. The fraction of sp³-hybridized carbons (Fsp3) is 0.400. The molecule has 0 bridgehead atoms. The normalized spacial score (nSPS) is 20.9. The average molecular weight is 242 g/mol. The second-order valence-corrected chi connectivity index (χ2v) is 4.10. The van der Waals surface area contributed by atoms with Crippen LogP contribution in [0, 0.1) is 0 Å². The summed E-state index contributed by atoms with van der Waals surface area (Å²) in [6, 6.07) is 6.60. The predicted molar refractivity (Wildman–Crippen MR) is 56.1 cm³/mol. The summed E-state index contributed by atoms with van der Waals surface area (Å²) >= 11 is 3.46. The molecule has 2 nitrogen and oxygen atoms in total. The summed E-state index contributed by atoms with van der Waals surface area (Å²) in [5.41, 5.74) is 1.25. The largest absolute Gasteiger partial charge is 0.496 e. The number of methoxy groups -OCH3 is 1. The van der Waals surface area contributed by atoms with Crippen LogP contribution in [0.3, 0.4) is 0 Å². The van der Waals surface area contributed by atoms with Gasteiger partial charge in [0.05, 0.1) is 7.11 Å². The average Bonchev–Trinajstić information content (AvgIpc) is 2.02. The third-order valence-electron chi connectivity index (χ3n) is 2.39. The van der Waals surface area contributed by atoms with Crippen LogP contribution >= 0.6 is 15.9 Å². The molecule has 1 aliphatic rings. The van der Waals surface area contributed by atoms with Crippen molar-refractivity contribution in [2.24, 2.45) is 0 Å². The zero-order valence-electron chi connectivity index (χ0n) is 7.51. The van der Waals surface area contributed by atoms with Crippen LogP contribution in [0.1, 0.15) is 18.0 Å². The summed E-state index contributed by atoms with van der Waals surface area (Å²) < 4.78 is 6.40. The highest BCUT2D eigenvalue weighted by atomic mass is 79.9. The van der Waals surface area contributed by atoms with Gasteiger partial charge in [-0.05, 0) is 31.2 Å². The van der Waals surface area contributed by atoms with Crippen molar-refractivity contribution in [1.29, 1.82) is 0 Å². The van der Waals surface area contributed by atoms with Crippen LogP contribution in [0.4, 0.5) is 0 Å².